The molecule has 0 saturated carbocycles. The van der Waals surface area contributed by atoms with Crippen molar-refractivity contribution in [2.45, 2.75) is 6.10 Å². The maximum absolute atomic E-state index is 12.6. The molecule has 2 aromatic carbocycles. The smallest absolute Gasteiger partial charge is 0.258 e. The number of carbonyl (C=O) groups is 2. The van der Waals surface area contributed by atoms with Crippen LogP contribution in [0, 0.1) is 0 Å². The minimum Gasteiger partial charge on any atom is -0.383 e. The van der Waals surface area contributed by atoms with Gasteiger partial charge in [-0.15, -0.1) is 0 Å². The summed E-state index contributed by atoms with van der Waals surface area (Å²) in [6, 6.07) is 16.0. The molecule has 25 heavy (non-hydrogen) atoms. The van der Waals surface area contributed by atoms with Crippen molar-refractivity contribution in [3.8, 4) is 0 Å². The van der Waals surface area contributed by atoms with Crippen LogP contribution in [-0.4, -0.2) is 39.2 Å². The Balaban J connectivity index is 2.14. The summed E-state index contributed by atoms with van der Waals surface area (Å²) in [5.41, 5.74) is 1.56. The Hall–Kier alpha value is -2.70. The third-order valence-corrected chi connectivity index (χ3v) is 3.60. The molecule has 0 radical (unpaired) electrons. The highest BCUT2D eigenvalue weighted by Gasteiger charge is 2.21. The second kappa shape index (κ2) is 9.56. The topological polar surface area (TPSA) is 76.7 Å². The molecule has 2 aromatic rings. The van der Waals surface area contributed by atoms with E-state index in [1.54, 1.807) is 31.4 Å². The summed E-state index contributed by atoms with van der Waals surface area (Å²) in [4.78, 5) is 24.9. The van der Waals surface area contributed by atoms with Crippen molar-refractivity contribution >= 4 is 17.5 Å². The van der Waals surface area contributed by atoms with E-state index in [-0.39, 0.29) is 11.8 Å². The van der Waals surface area contributed by atoms with Crippen molar-refractivity contribution in [3.63, 3.8) is 0 Å². The normalized spacial score (nSPS) is 11.6. The molecule has 6 nitrogen and oxygen atoms in total. The number of hydrogen-bond donors (Lipinski definition) is 2. The minimum atomic E-state index is -0.759. The van der Waals surface area contributed by atoms with Crippen LogP contribution in [0.2, 0.25) is 0 Å². The van der Waals surface area contributed by atoms with E-state index in [1.165, 1.54) is 7.11 Å². The van der Waals surface area contributed by atoms with Crippen LogP contribution in [-0.2, 0) is 14.3 Å². The van der Waals surface area contributed by atoms with Gasteiger partial charge in [0.25, 0.3) is 11.8 Å². The molecule has 0 aliphatic rings. The first-order chi connectivity index (χ1) is 12.2. The Morgan fingerprint density at radius 2 is 1.68 bits per heavy atom. The first kappa shape index (κ1) is 18.6. The van der Waals surface area contributed by atoms with Crippen LogP contribution in [0.4, 0.5) is 5.69 Å². The van der Waals surface area contributed by atoms with Gasteiger partial charge in [-0.2, -0.15) is 0 Å². The lowest BCUT2D eigenvalue weighted by Crippen LogP contribution is -2.29. The zero-order chi connectivity index (χ0) is 18.1. The van der Waals surface area contributed by atoms with Crippen molar-refractivity contribution in [1.29, 1.82) is 0 Å². The number of para-hydroxylation sites is 1. The Morgan fingerprint density at radius 3 is 2.36 bits per heavy atom. The number of methoxy groups -OCH3 is 2. The molecular formula is C19H22N2O4. The van der Waals surface area contributed by atoms with Gasteiger partial charge >= 0.3 is 0 Å². The molecule has 2 N–H and O–H groups in total. The number of ether oxygens (including phenoxy) is 2. The fourth-order valence-electron chi connectivity index (χ4n) is 2.37. The van der Waals surface area contributed by atoms with E-state index in [9.17, 15) is 9.59 Å². The van der Waals surface area contributed by atoms with Gasteiger partial charge in [0.05, 0.1) is 17.9 Å². The van der Waals surface area contributed by atoms with Gasteiger partial charge in [0, 0.05) is 20.8 Å². The molecule has 0 aliphatic heterocycles. The van der Waals surface area contributed by atoms with E-state index in [0.717, 1.165) is 5.56 Å². The van der Waals surface area contributed by atoms with E-state index in [2.05, 4.69) is 10.6 Å². The summed E-state index contributed by atoms with van der Waals surface area (Å²) < 4.78 is 10.2. The second-order valence-corrected chi connectivity index (χ2v) is 5.31. The number of nitrogens with one attached hydrogen (secondary N) is 2. The van der Waals surface area contributed by atoms with Crippen LogP contribution in [0.1, 0.15) is 22.0 Å². The van der Waals surface area contributed by atoms with Gasteiger partial charge in [0.15, 0.2) is 6.10 Å². The van der Waals surface area contributed by atoms with Crippen molar-refractivity contribution in [1.82, 2.24) is 5.32 Å². The lowest BCUT2D eigenvalue weighted by molar-refractivity contribution is -0.126. The number of amides is 2. The van der Waals surface area contributed by atoms with Gasteiger partial charge in [-0.25, -0.2) is 0 Å². The number of anilines is 1. The Kier molecular flexibility index (Phi) is 7.13. The van der Waals surface area contributed by atoms with Crippen LogP contribution in [0.25, 0.3) is 0 Å². The van der Waals surface area contributed by atoms with E-state index in [1.807, 2.05) is 30.3 Å². The molecule has 2 rings (SSSR count). The molecule has 0 fully saturated rings. The monoisotopic (exact) mass is 342 g/mol. The van der Waals surface area contributed by atoms with E-state index in [0.29, 0.717) is 24.4 Å². The van der Waals surface area contributed by atoms with Crippen molar-refractivity contribution in [2.75, 3.05) is 32.7 Å². The predicted octanol–water partition coefficient (Wildman–Crippen LogP) is 2.39. The Labute approximate surface area is 147 Å². The minimum absolute atomic E-state index is 0.276. The van der Waals surface area contributed by atoms with Gasteiger partial charge in [-0.05, 0) is 17.7 Å². The maximum Gasteiger partial charge on any atom is 0.258 e. The molecule has 1 atom stereocenters. The third kappa shape index (κ3) is 5.14. The van der Waals surface area contributed by atoms with Gasteiger partial charge in [0.1, 0.15) is 0 Å². The number of carbonyl (C=O) groups excluding carboxylic acids is 2. The van der Waals surface area contributed by atoms with Crippen LogP contribution < -0.4 is 10.6 Å². The Morgan fingerprint density at radius 1 is 1.00 bits per heavy atom. The van der Waals surface area contributed by atoms with Crippen molar-refractivity contribution in [3.05, 3.63) is 65.7 Å². The summed E-state index contributed by atoms with van der Waals surface area (Å²) in [6.07, 6.45) is -0.759. The molecule has 2 amide bonds. The third-order valence-electron chi connectivity index (χ3n) is 3.60. The lowest BCUT2D eigenvalue weighted by Gasteiger charge is -2.17. The summed E-state index contributed by atoms with van der Waals surface area (Å²) in [7, 11) is 3.04. The molecule has 0 heterocycles. The lowest BCUT2D eigenvalue weighted by atomic mass is 10.1. The summed E-state index contributed by atoms with van der Waals surface area (Å²) in [5, 5.41) is 5.52. The summed E-state index contributed by atoms with van der Waals surface area (Å²) >= 11 is 0. The summed E-state index contributed by atoms with van der Waals surface area (Å²) in [5.74, 6) is -0.618. The molecule has 132 valence electrons. The predicted molar refractivity (Wildman–Crippen MR) is 95.5 cm³/mol. The van der Waals surface area contributed by atoms with Crippen molar-refractivity contribution in [2.24, 2.45) is 0 Å². The largest absolute Gasteiger partial charge is 0.383 e. The van der Waals surface area contributed by atoms with Crippen molar-refractivity contribution < 1.29 is 19.1 Å². The van der Waals surface area contributed by atoms with E-state index in [4.69, 9.17) is 9.47 Å². The highest BCUT2D eigenvalue weighted by Crippen LogP contribution is 2.21. The van der Waals surface area contributed by atoms with Crippen LogP contribution in [0.3, 0.4) is 0 Å². The first-order valence-electron chi connectivity index (χ1n) is 7.92. The fraction of sp³-hybridized carbons (Fsp3) is 0.263. The summed E-state index contributed by atoms with van der Waals surface area (Å²) in [6.45, 7) is 0.808. The molecule has 0 bridgehead atoms. The van der Waals surface area contributed by atoms with Gasteiger partial charge < -0.3 is 20.1 Å². The molecule has 0 saturated heterocycles. The molecular weight excluding hydrogens is 320 g/mol. The number of hydrogen-bond acceptors (Lipinski definition) is 4. The number of benzene rings is 2. The Bertz CT molecular complexity index is 704. The van der Waals surface area contributed by atoms with Gasteiger partial charge in [-0.1, -0.05) is 42.5 Å². The zero-order valence-corrected chi connectivity index (χ0v) is 14.3. The maximum atomic E-state index is 12.6. The number of rotatable bonds is 8. The van der Waals surface area contributed by atoms with E-state index >= 15 is 0 Å². The zero-order valence-electron chi connectivity index (χ0n) is 14.3. The van der Waals surface area contributed by atoms with Crippen LogP contribution in [0.15, 0.2) is 54.6 Å². The quantitative estimate of drug-likeness (QED) is 0.722. The van der Waals surface area contributed by atoms with Gasteiger partial charge in [0.2, 0.25) is 0 Å². The second-order valence-electron chi connectivity index (χ2n) is 5.31. The van der Waals surface area contributed by atoms with Gasteiger partial charge in [-0.3, -0.25) is 9.59 Å². The standard InChI is InChI=1S/C19H22N2O4/c1-24-13-12-20-18(22)15-10-6-7-11-16(15)21-19(23)17(25-2)14-8-4-3-5-9-14/h3-11,17H,12-13H2,1-2H3,(H,20,22)(H,21,23)/t17-/m1/s1. The van der Waals surface area contributed by atoms with E-state index < -0.39 is 6.10 Å². The SMILES string of the molecule is COCCNC(=O)c1ccccc1NC(=O)[C@H](OC)c1ccccc1. The van der Waals surface area contributed by atoms with Crippen LogP contribution in [0.5, 0.6) is 0 Å². The molecule has 0 unspecified atom stereocenters. The average Bonchev–Trinajstić information content (AvgIpc) is 2.64. The molecule has 0 aliphatic carbocycles. The fourth-order valence-corrected chi connectivity index (χ4v) is 2.37. The van der Waals surface area contributed by atoms with Crippen LogP contribution >= 0.6 is 0 Å². The highest BCUT2D eigenvalue weighted by molar-refractivity contribution is 6.04. The molecule has 0 aromatic heterocycles. The first-order valence-corrected chi connectivity index (χ1v) is 7.92. The average molecular weight is 342 g/mol. The highest BCUT2D eigenvalue weighted by atomic mass is 16.5. The molecule has 0 spiro atoms. The molecule has 6 heteroatoms.